The van der Waals surface area contributed by atoms with Crippen LogP contribution in [0.5, 0.6) is 0 Å². The van der Waals surface area contributed by atoms with Crippen LogP contribution in [0, 0.1) is 5.92 Å². The van der Waals surface area contributed by atoms with Crippen molar-refractivity contribution in [2.75, 3.05) is 13.1 Å². The van der Waals surface area contributed by atoms with E-state index in [0.29, 0.717) is 0 Å². The molecule has 2 unspecified atom stereocenters. The standard InChI is InChI=1S/C20H18F3NO3/c21-20(22,23)17-9-5-4-8-14(17)10-18(25)24-11-15(16(12-24)19(26)27)13-6-2-1-3-7-13/h1-9,15-16H,10-12H2,(H,26,27). The van der Waals surface area contributed by atoms with E-state index in [1.54, 1.807) is 24.3 Å². The van der Waals surface area contributed by atoms with Crippen LogP contribution in [0.3, 0.4) is 0 Å². The van der Waals surface area contributed by atoms with Gasteiger partial charge in [0, 0.05) is 19.0 Å². The number of carboxylic acid groups (broad SMARTS) is 1. The van der Waals surface area contributed by atoms with Gasteiger partial charge in [-0.1, -0.05) is 48.5 Å². The lowest BCUT2D eigenvalue weighted by molar-refractivity contribution is -0.141. The van der Waals surface area contributed by atoms with Crippen LogP contribution in [0.4, 0.5) is 13.2 Å². The molecule has 1 fully saturated rings. The van der Waals surface area contributed by atoms with Crippen molar-refractivity contribution in [3.63, 3.8) is 0 Å². The summed E-state index contributed by atoms with van der Waals surface area (Å²) in [5.74, 6) is -2.69. The predicted octanol–water partition coefficient (Wildman–Crippen LogP) is 3.57. The van der Waals surface area contributed by atoms with Gasteiger partial charge in [-0.05, 0) is 17.2 Å². The molecule has 142 valence electrons. The highest BCUT2D eigenvalue weighted by atomic mass is 19.4. The third kappa shape index (κ3) is 4.13. The number of rotatable bonds is 4. The Morgan fingerprint density at radius 1 is 1.00 bits per heavy atom. The van der Waals surface area contributed by atoms with Crippen molar-refractivity contribution in [1.82, 2.24) is 4.90 Å². The molecule has 4 nitrogen and oxygen atoms in total. The number of alkyl halides is 3. The zero-order valence-electron chi connectivity index (χ0n) is 14.3. The van der Waals surface area contributed by atoms with Gasteiger partial charge in [0.2, 0.25) is 5.91 Å². The molecular weight excluding hydrogens is 359 g/mol. The Hall–Kier alpha value is -2.83. The van der Waals surface area contributed by atoms with Crippen molar-refractivity contribution < 1.29 is 27.9 Å². The van der Waals surface area contributed by atoms with Gasteiger partial charge in [-0.2, -0.15) is 13.2 Å². The van der Waals surface area contributed by atoms with E-state index in [4.69, 9.17) is 0 Å². The van der Waals surface area contributed by atoms with Crippen molar-refractivity contribution >= 4 is 11.9 Å². The van der Waals surface area contributed by atoms with E-state index in [9.17, 15) is 27.9 Å². The summed E-state index contributed by atoms with van der Waals surface area (Å²) in [5.41, 5.74) is -0.145. The molecular formula is C20H18F3NO3. The number of hydrogen-bond acceptors (Lipinski definition) is 2. The summed E-state index contributed by atoms with van der Waals surface area (Å²) in [5, 5.41) is 9.50. The highest BCUT2D eigenvalue weighted by Gasteiger charge is 2.41. The van der Waals surface area contributed by atoms with E-state index in [1.807, 2.05) is 6.07 Å². The van der Waals surface area contributed by atoms with Crippen molar-refractivity contribution in [1.29, 1.82) is 0 Å². The number of halogens is 3. The fourth-order valence-electron chi connectivity index (χ4n) is 3.52. The lowest BCUT2D eigenvalue weighted by atomic mass is 9.89. The molecule has 0 saturated carbocycles. The van der Waals surface area contributed by atoms with Gasteiger partial charge in [-0.3, -0.25) is 9.59 Å². The first-order valence-corrected chi connectivity index (χ1v) is 8.48. The highest BCUT2D eigenvalue weighted by Crippen LogP contribution is 2.35. The monoisotopic (exact) mass is 377 g/mol. The smallest absolute Gasteiger partial charge is 0.416 e. The molecule has 0 radical (unpaired) electrons. The van der Waals surface area contributed by atoms with Gasteiger partial charge in [-0.15, -0.1) is 0 Å². The first kappa shape index (κ1) is 18.9. The van der Waals surface area contributed by atoms with Crippen LogP contribution in [-0.4, -0.2) is 35.0 Å². The molecule has 1 saturated heterocycles. The van der Waals surface area contributed by atoms with Crippen molar-refractivity contribution in [2.45, 2.75) is 18.5 Å². The molecule has 3 rings (SSSR count). The molecule has 2 aromatic carbocycles. The van der Waals surface area contributed by atoms with Crippen molar-refractivity contribution in [2.24, 2.45) is 5.92 Å². The van der Waals surface area contributed by atoms with Gasteiger partial charge in [0.1, 0.15) is 0 Å². The predicted molar refractivity (Wildman–Crippen MR) is 92.0 cm³/mol. The fourth-order valence-corrected chi connectivity index (χ4v) is 3.52. The number of carbonyl (C=O) groups excluding carboxylic acids is 1. The molecule has 2 atom stereocenters. The molecule has 1 amide bonds. The molecule has 2 aromatic rings. The summed E-state index contributed by atoms with van der Waals surface area (Å²) in [6, 6.07) is 13.9. The van der Waals surface area contributed by atoms with Crippen LogP contribution < -0.4 is 0 Å². The van der Waals surface area contributed by atoms with E-state index >= 15 is 0 Å². The largest absolute Gasteiger partial charge is 0.481 e. The van der Waals surface area contributed by atoms with Gasteiger partial charge < -0.3 is 10.0 Å². The summed E-state index contributed by atoms with van der Waals surface area (Å²) < 4.78 is 39.4. The van der Waals surface area contributed by atoms with Crippen LogP contribution in [0.15, 0.2) is 54.6 Å². The average molecular weight is 377 g/mol. The van der Waals surface area contributed by atoms with Gasteiger partial charge >= 0.3 is 12.1 Å². The number of hydrogen-bond donors (Lipinski definition) is 1. The van der Waals surface area contributed by atoms with Crippen LogP contribution in [-0.2, 0) is 22.2 Å². The summed E-state index contributed by atoms with van der Waals surface area (Å²) in [6.45, 7) is 0.163. The van der Waals surface area contributed by atoms with E-state index in [-0.39, 0.29) is 24.6 Å². The number of likely N-dealkylation sites (tertiary alicyclic amines) is 1. The van der Waals surface area contributed by atoms with E-state index < -0.39 is 36.0 Å². The first-order chi connectivity index (χ1) is 12.8. The second-order valence-electron chi connectivity index (χ2n) is 6.59. The Morgan fingerprint density at radius 2 is 1.63 bits per heavy atom. The van der Waals surface area contributed by atoms with Crippen molar-refractivity contribution in [3.05, 3.63) is 71.3 Å². The topological polar surface area (TPSA) is 57.6 Å². The molecule has 1 heterocycles. The fraction of sp³-hybridized carbons (Fsp3) is 0.300. The van der Waals surface area contributed by atoms with E-state index in [0.717, 1.165) is 11.6 Å². The molecule has 27 heavy (non-hydrogen) atoms. The number of aliphatic carboxylic acids is 1. The maximum atomic E-state index is 13.1. The Kier molecular flexibility index (Phi) is 5.21. The molecule has 0 spiro atoms. The second-order valence-corrected chi connectivity index (χ2v) is 6.59. The van der Waals surface area contributed by atoms with E-state index in [1.165, 1.54) is 23.1 Å². The number of amides is 1. The minimum atomic E-state index is -4.54. The molecule has 0 aromatic heterocycles. The summed E-state index contributed by atoms with van der Waals surface area (Å²) >= 11 is 0. The Morgan fingerprint density at radius 3 is 2.26 bits per heavy atom. The Labute approximate surface area is 154 Å². The zero-order valence-corrected chi connectivity index (χ0v) is 14.3. The maximum absolute atomic E-state index is 13.1. The van der Waals surface area contributed by atoms with Gasteiger partial charge in [0.15, 0.2) is 0 Å². The molecule has 1 aliphatic rings. The molecule has 7 heteroatoms. The highest BCUT2D eigenvalue weighted by molar-refractivity contribution is 5.81. The van der Waals surface area contributed by atoms with E-state index in [2.05, 4.69) is 0 Å². The zero-order chi connectivity index (χ0) is 19.6. The lowest BCUT2D eigenvalue weighted by Gasteiger charge is -2.18. The lowest BCUT2D eigenvalue weighted by Crippen LogP contribution is -2.31. The van der Waals surface area contributed by atoms with Gasteiger partial charge in [0.05, 0.1) is 17.9 Å². The molecule has 0 bridgehead atoms. The summed E-state index contributed by atoms with van der Waals surface area (Å²) in [6.07, 6.45) is -4.96. The third-order valence-electron chi connectivity index (χ3n) is 4.88. The Balaban J connectivity index is 1.80. The van der Waals surface area contributed by atoms with Crippen LogP contribution >= 0.6 is 0 Å². The molecule has 1 aliphatic heterocycles. The summed E-state index contributed by atoms with van der Waals surface area (Å²) in [7, 11) is 0. The number of benzene rings is 2. The third-order valence-corrected chi connectivity index (χ3v) is 4.88. The minimum Gasteiger partial charge on any atom is -0.481 e. The van der Waals surface area contributed by atoms with Crippen LogP contribution in [0.2, 0.25) is 0 Å². The number of carbonyl (C=O) groups is 2. The average Bonchev–Trinajstić information content (AvgIpc) is 3.08. The van der Waals surface area contributed by atoms with Gasteiger partial charge in [-0.25, -0.2) is 0 Å². The Bertz CT molecular complexity index is 836. The first-order valence-electron chi connectivity index (χ1n) is 8.48. The maximum Gasteiger partial charge on any atom is 0.416 e. The SMILES string of the molecule is O=C(O)C1CN(C(=O)Cc2ccccc2C(F)(F)F)CC1c1ccccc1. The second kappa shape index (κ2) is 7.42. The quantitative estimate of drug-likeness (QED) is 0.886. The minimum absolute atomic E-state index is 0.0120. The molecule has 1 N–H and O–H groups in total. The van der Waals surface area contributed by atoms with Crippen LogP contribution in [0.1, 0.15) is 22.6 Å². The number of carboxylic acids is 1. The normalized spacial score (nSPS) is 19.9. The van der Waals surface area contributed by atoms with Crippen LogP contribution in [0.25, 0.3) is 0 Å². The number of nitrogens with zero attached hydrogens (tertiary/aromatic N) is 1. The summed E-state index contributed by atoms with van der Waals surface area (Å²) in [4.78, 5) is 25.6. The van der Waals surface area contributed by atoms with Crippen molar-refractivity contribution in [3.8, 4) is 0 Å². The van der Waals surface area contributed by atoms with Gasteiger partial charge in [0.25, 0.3) is 0 Å². The molecule has 0 aliphatic carbocycles.